The third-order valence-corrected chi connectivity index (χ3v) is 6.31. The Kier molecular flexibility index (Phi) is 5.54. The van der Waals surface area contributed by atoms with E-state index in [9.17, 15) is 9.18 Å². The van der Waals surface area contributed by atoms with Gasteiger partial charge in [0.1, 0.15) is 10.8 Å². The number of hydrogen-bond acceptors (Lipinski definition) is 3. The van der Waals surface area contributed by atoms with E-state index < -0.39 is 0 Å². The Morgan fingerprint density at radius 3 is 2.68 bits per heavy atom. The van der Waals surface area contributed by atoms with Gasteiger partial charge >= 0.3 is 0 Å². The lowest BCUT2D eigenvalue weighted by atomic mass is 10.0. The number of rotatable bonds is 4. The minimum Gasteiger partial charge on any atom is -0.313 e. The Balaban J connectivity index is 1.80. The van der Waals surface area contributed by atoms with Crippen LogP contribution in [0.1, 0.15) is 52.5 Å². The zero-order valence-corrected chi connectivity index (χ0v) is 15.9. The number of carbonyl (C=O) groups excluding carboxylic acids is 1. The molecule has 3 rings (SSSR count). The highest BCUT2D eigenvalue weighted by atomic mass is 32.1. The van der Waals surface area contributed by atoms with Crippen molar-refractivity contribution in [3.05, 3.63) is 51.7 Å². The van der Waals surface area contributed by atoms with E-state index >= 15 is 0 Å². The number of aryl methyl sites for hydroxylation is 1. The van der Waals surface area contributed by atoms with E-state index in [4.69, 9.17) is 0 Å². The third kappa shape index (κ3) is 4.10. The van der Waals surface area contributed by atoms with E-state index in [0.29, 0.717) is 11.6 Å². The topological polar surface area (TPSA) is 32.3 Å². The maximum atomic E-state index is 13.1. The number of amides is 1. The number of likely N-dealkylation sites (tertiary alicyclic amines) is 1. The van der Waals surface area contributed by atoms with E-state index in [-0.39, 0.29) is 11.7 Å². The molecular weight excluding hydrogens is 335 g/mol. The van der Waals surface area contributed by atoms with Crippen LogP contribution in [0.5, 0.6) is 0 Å². The van der Waals surface area contributed by atoms with Gasteiger partial charge in [-0.3, -0.25) is 9.69 Å². The van der Waals surface area contributed by atoms with Crippen molar-refractivity contribution >= 4 is 22.2 Å². The molecule has 1 aliphatic heterocycles. The highest BCUT2D eigenvalue weighted by Crippen LogP contribution is 2.35. The highest BCUT2D eigenvalue weighted by molar-refractivity contribution is 7.16. The lowest BCUT2D eigenvalue weighted by Gasteiger charge is -2.33. The Labute approximate surface area is 152 Å². The molecule has 5 heteroatoms. The number of nitrogens with one attached hydrogen (secondary N) is 1. The molecule has 1 atom stereocenters. The van der Waals surface area contributed by atoms with Crippen LogP contribution < -0.4 is 5.32 Å². The van der Waals surface area contributed by atoms with Crippen LogP contribution in [0.3, 0.4) is 0 Å². The van der Waals surface area contributed by atoms with E-state index in [1.54, 1.807) is 11.3 Å². The monoisotopic (exact) mass is 360 g/mol. The third-order valence-electron chi connectivity index (χ3n) is 5.15. The molecule has 25 heavy (non-hydrogen) atoms. The summed E-state index contributed by atoms with van der Waals surface area (Å²) in [6, 6.07) is 6.25. The lowest BCUT2D eigenvalue weighted by molar-refractivity contribution is 0.102. The van der Waals surface area contributed by atoms with Crippen molar-refractivity contribution in [2.24, 2.45) is 0 Å². The van der Waals surface area contributed by atoms with Crippen molar-refractivity contribution in [1.82, 2.24) is 4.90 Å². The fourth-order valence-corrected chi connectivity index (χ4v) is 4.40. The summed E-state index contributed by atoms with van der Waals surface area (Å²) in [6.45, 7) is 8.49. The predicted octanol–water partition coefficient (Wildman–Crippen LogP) is 5.13. The fraction of sp³-hybridized carbons (Fsp3) is 0.450. The standard InChI is InChI=1S/C20H25FN2OS/c1-13-6-4-5-11-23(13)12-18-14(2)15(3)25-20(18)22-19(24)16-7-9-17(21)10-8-16/h7-10,13H,4-6,11-12H2,1-3H3,(H,22,24). The summed E-state index contributed by atoms with van der Waals surface area (Å²) in [5, 5.41) is 3.96. The number of benzene rings is 1. The van der Waals surface area contributed by atoms with E-state index in [0.717, 1.165) is 18.1 Å². The Hall–Kier alpha value is -1.72. The molecule has 1 unspecified atom stereocenters. The summed E-state index contributed by atoms with van der Waals surface area (Å²) >= 11 is 1.62. The van der Waals surface area contributed by atoms with Gasteiger partial charge in [-0.25, -0.2) is 4.39 Å². The number of piperidine rings is 1. The van der Waals surface area contributed by atoms with Crippen molar-refractivity contribution in [2.45, 2.75) is 52.6 Å². The second kappa shape index (κ2) is 7.67. The van der Waals surface area contributed by atoms with Crippen molar-refractivity contribution in [1.29, 1.82) is 0 Å². The summed E-state index contributed by atoms with van der Waals surface area (Å²) in [7, 11) is 0. The molecule has 0 spiro atoms. The molecule has 0 aliphatic carbocycles. The van der Waals surface area contributed by atoms with Gasteiger partial charge in [-0.1, -0.05) is 6.42 Å². The number of nitrogens with zero attached hydrogens (tertiary/aromatic N) is 1. The first kappa shape index (κ1) is 18.1. The summed E-state index contributed by atoms with van der Waals surface area (Å²) in [5.41, 5.74) is 2.95. The van der Waals surface area contributed by atoms with Crippen LogP contribution in [0.15, 0.2) is 24.3 Å². The molecule has 0 saturated carbocycles. The molecule has 1 aliphatic rings. The molecule has 1 saturated heterocycles. The summed E-state index contributed by atoms with van der Waals surface area (Å²) < 4.78 is 13.1. The van der Waals surface area contributed by atoms with Crippen molar-refractivity contribution in [3.8, 4) is 0 Å². The summed E-state index contributed by atoms with van der Waals surface area (Å²) in [6.07, 6.45) is 3.77. The number of carbonyl (C=O) groups is 1. The van der Waals surface area contributed by atoms with Gasteiger partial charge in [-0.15, -0.1) is 11.3 Å². The quantitative estimate of drug-likeness (QED) is 0.820. The normalized spacial score (nSPS) is 18.3. The molecule has 134 valence electrons. The van der Waals surface area contributed by atoms with Crippen LogP contribution in [0, 0.1) is 19.7 Å². The second-order valence-electron chi connectivity index (χ2n) is 6.87. The molecule has 1 fully saturated rings. The Morgan fingerprint density at radius 1 is 1.28 bits per heavy atom. The molecule has 1 aromatic carbocycles. The van der Waals surface area contributed by atoms with Crippen molar-refractivity contribution < 1.29 is 9.18 Å². The first-order chi connectivity index (χ1) is 12.0. The zero-order valence-electron chi connectivity index (χ0n) is 15.1. The minimum atomic E-state index is -0.334. The van der Waals surface area contributed by atoms with Gasteiger partial charge in [0, 0.05) is 28.6 Å². The zero-order chi connectivity index (χ0) is 18.0. The summed E-state index contributed by atoms with van der Waals surface area (Å²) in [5.74, 6) is -0.520. The van der Waals surface area contributed by atoms with E-state index in [2.05, 4.69) is 31.0 Å². The number of hydrogen-bond donors (Lipinski definition) is 1. The molecule has 1 aromatic heterocycles. The van der Waals surface area contributed by atoms with Crippen LogP contribution in [-0.2, 0) is 6.54 Å². The predicted molar refractivity (Wildman–Crippen MR) is 102 cm³/mol. The minimum absolute atomic E-state index is 0.186. The van der Waals surface area contributed by atoms with Crippen LogP contribution >= 0.6 is 11.3 Å². The molecule has 1 amide bonds. The maximum absolute atomic E-state index is 13.1. The maximum Gasteiger partial charge on any atom is 0.256 e. The van der Waals surface area contributed by atoms with Crippen LogP contribution in [0.4, 0.5) is 9.39 Å². The molecule has 0 bridgehead atoms. The Bertz CT molecular complexity index is 754. The van der Waals surface area contributed by atoms with Gasteiger partial charge in [0.2, 0.25) is 0 Å². The molecular formula is C20H25FN2OS. The first-order valence-electron chi connectivity index (χ1n) is 8.85. The van der Waals surface area contributed by atoms with Gasteiger partial charge in [-0.2, -0.15) is 0 Å². The number of anilines is 1. The molecule has 1 N–H and O–H groups in total. The number of thiophene rings is 1. The summed E-state index contributed by atoms with van der Waals surface area (Å²) in [4.78, 5) is 16.3. The average molecular weight is 360 g/mol. The SMILES string of the molecule is Cc1sc(NC(=O)c2ccc(F)cc2)c(CN2CCCCC2C)c1C. The van der Waals surface area contributed by atoms with Gasteiger partial charge < -0.3 is 5.32 Å². The van der Waals surface area contributed by atoms with E-state index in [1.165, 1.54) is 59.5 Å². The largest absolute Gasteiger partial charge is 0.313 e. The van der Waals surface area contributed by atoms with Crippen LogP contribution in [-0.4, -0.2) is 23.4 Å². The van der Waals surface area contributed by atoms with Gasteiger partial charge in [0.15, 0.2) is 0 Å². The molecule has 0 radical (unpaired) electrons. The van der Waals surface area contributed by atoms with E-state index in [1.807, 2.05) is 0 Å². The van der Waals surface area contributed by atoms with Crippen LogP contribution in [0.25, 0.3) is 0 Å². The molecule has 3 nitrogen and oxygen atoms in total. The van der Waals surface area contributed by atoms with Crippen molar-refractivity contribution in [3.63, 3.8) is 0 Å². The first-order valence-corrected chi connectivity index (χ1v) is 9.67. The Morgan fingerprint density at radius 2 is 2.00 bits per heavy atom. The second-order valence-corrected chi connectivity index (χ2v) is 8.09. The van der Waals surface area contributed by atoms with Crippen molar-refractivity contribution in [2.75, 3.05) is 11.9 Å². The van der Waals surface area contributed by atoms with Gasteiger partial charge in [0.05, 0.1) is 0 Å². The molecule has 2 aromatic rings. The van der Waals surface area contributed by atoms with Crippen LogP contribution in [0.2, 0.25) is 0 Å². The lowest BCUT2D eigenvalue weighted by Crippen LogP contribution is -2.37. The van der Waals surface area contributed by atoms with Gasteiger partial charge in [0.25, 0.3) is 5.91 Å². The number of halogens is 1. The molecule has 2 heterocycles. The average Bonchev–Trinajstić information content (AvgIpc) is 2.85. The smallest absolute Gasteiger partial charge is 0.256 e. The fourth-order valence-electron chi connectivity index (χ4n) is 3.34. The van der Waals surface area contributed by atoms with Gasteiger partial charge in [-0.05, 0) is 70.0 Å². The highest BCUT2D eigenvalue weighted by Gasteiger charge is 2.23.